The van der Waals surface area contributed by atoms with Crippen LogP contribution >= 0.6 is 0 Å². The average molecular weight is 480 g/mol. The standard InChI is InChI=1S/C27H33N3O5/c1-29-15-13-18(14-16-29)30(2)26(33)24(11-12-25(31)32)28-27(34)35-17-23-21-9-5-3-7-19(21)20-8-4-6-10-22(20)23/h3-10,18,23-24H,11-17H2,1-2H3,(H,28,34)(H,31,32). The lowest BCUT2D eigenvalue weighted by Crippen LogP contribution is -2.52. The van der Waals surface area contributed by atoms with Crippen molar-refractivity contribution >= 4 is 18.0 Å². The van der Waals surface area contributed by atoms with Gasteiger partial charge in [-0.05, 0) is 61.7 Å². The molecule has 1 unspecified atom stereocenters. The third-order valence-electron chi connectivity index (χ3n) is 7.16. The van der Waals surface area contributed by atoms with E-state index in [2.05, 4.69) is 22.3 Å². The lowest BCUT2D eigenvalue weighted by atomic mass is 9.98. The highest BCUT2D eigenvalue weighted by molar-refractivity contribution is 5.86. The second kappa shape index (κ2) is 10.9. The number of carboxylic acid groups (broad SMARTS) is 1. The Labute approximate surface area is 205 Å². The maximum Gasteiger partial charge on any atom is 0.407 e. The fraction of sp³-hybridized carbons (Fsp3) is 0.444. The summed E-state index contributed by atoms with van der Waals surface area (Å²) in [6.07, 6.45) is 0.758. The van der Waals surface area contributed by atoms with Crippen LogP contribution in [0.5, 0.6) is 0 Å². The van der Waals surface area contributed by atoms with Gasteiger partial charge in [0, 0.05) is 25.4 Å². The number of nitrogens with zero attached hydrogens (tertiary/aromatic N) is 2. The second-order valence-corrected chi connectivity index (χ2v) is 9.44. The minimum Gasteiger partial charge on any atom is -0.481 e. The number of ether oxygens (including phenoxy) is 1. The largest absolute Gasteiger partial charge is 0.481 e. The second-order valence-electron chi connectivity index (χ2n) is 9.44. The van der Waals surface area contributed by atoms with E-state index in [-0.39, 0.29) is 37.3 Å². The number of amides is 2. The van der Waals surface area contributed by atoms with E-state index < -0.39 is 18.1 Å². The highest BCUT2D eigenvalue weighted by Gasteiger charge is 2.32. The van der Waals surface area contributed by atoms with Crippen LogP contribution in [0.25, 0.3) is 11.1 Å². The first-order chi connectivity index (χ1) is 16.8. The van der Waals surface area contributed by atoms with E-state index in [1.54, 1.807) is 11.9 Å². The summed E-state index contributed by atoms with van der Waals surface area (Å²) in [5.41, 5.74) is 4.46. The predicted octanol–water partition coefficient (Wildman–Crippen LogP) is 3.31. The zero-order valence-electron chi connectivity index (χ0n) is 20.3. The first-order valence-corrected chi connectivity index (χ1v) is 12.1. The van der Waals surface area contributed by atoms with Crippen LogP contribution in [0.15, 0.2) is 48.5 Å². The van der Waals surface area contributed by atoms with Gasteiger partial charge in [0.25, 0.3) is 0 Å². The van der Waals surface area contributed by atoms with Gasteiger partial charge in [0.15, 0.2) is 0 Å². The van der Waals surface area contributed by atoms with Crippen LogP contribution in [0, 0.1) is 0 Å². The van der Waals surface area contributed by atoms with Crippen LogP contribution in [0.4, 0.5) is 4.79 Å². The number of alkyl carbamates (subject to hydrolysis) is 1. The molecule has 0 spiro atoms. The molecule has 1 saturated heterocycles. The highest BCUT2D eigenvalue weighted by atomic mass is 16.5. The molecule has 0 bridgehead atoms. The number of hydrogen-bond acceptors (Lipinski definition) is 5. The summed E-state index contributed by atoms with van der Waals surface area (Å²) in [7, 11) is 3.78. The number of likely N-dealkylation sites (tertiary alicyclic amines) is 1. The topological polar surface area (TPSA) is 99.2 Å². The van der Waals surface area contributed by atoms with Crippen molar-refractivity contribution in [3.63, 3.8) is 0 Å². The van der Waals surface area contributed by atoms with Gasteiger partial charge in [-0.2, -0.15) is 0 Å². The molecule has 1 atom stereocenters. The Morgan fingerprint density at radius 2 is 1.63 bits per heavy atom. The van der Waals surface area contributed by atoms with Crippen LogP contribution in [-0.4, -0.2) is 78.8 Å². The van der Waals surface area contributed by atoms with Crippen LogP contribution in [-0.2, 0) is 14.3 Å². The maximum absolute atomic E-state index is 13.2. The summed E-state index contributed by atoms with van der Waals surface area (Å²) < 4.78 is 5.59. The Balaban J connectivity index is 1.41. The molecule has 8 heteroatoms. The minimum absolute atomic E-state index is 0.00925. The number of piperidine rings is 1. The van der Waals surface area contributed by atoms with Gasteiger partial charge in [-0.25, -0.2) is 4.79 Å². The molecule has 8 nitrogen and oxygen atoms in total. The molecule has 1 aliphatic carbocycles. The van der Waals surface area contributed by atoms with E-state index in [1.807, 2.05) is 43.4 Å². The first-order valence-electron chi connectivity index (χ1n) is 12.1. The number of benzene rings is 2. The van der Waals surface area contributed by atoms with Crippen molar-refractivity contribution in [3.8, 4) is 11.1 Å². The van der Waals surface area contributed by atoms with Gasteiger partial charge in [-0.15, -0.1) is 0 Å². The summed E-state index contributed by atoms with van der Waals surface area (Å²) >= 11 is 0. The maximum atomic E-state index is 13.2. The molecule has 0 saturated carbocycles. The summed E-state index contributed by atoms with van der Waals surface area (Å²) in [5, 5.41) is 11.8. The number of aliphatic carboxylic acids is 1. The quantitative estimate of drug-likeness (QED) is 0.603. The van der Waals surface area contributed by atoms with E-state index in [9.17, 15) is 14.4 Å². The van der Waals surface area contributed by atoms with Crippen LogP contribution in [0.1, 0.15) is 42.7 Å². The summed E-state index contributed by atoms with van der Waals surface area (Å²) in [6.45, 7) is 1.91. The molecule has 35 heavy (non-hydrogen) atoms. The number of nitrogens with one attached hydrogen (secondary N) is 1. The van der Waals surface area contributed by atoms with Crippen molar-refractivity contribution in [1.82, 2.24) is 15.1 Å². The lowest BCUT2D eigenvalue weighted by Gasteiger charge is -2.36. The number of hydrogen-bond donors (Lipinski definition) is 2. The van der Waals surface area contributed by atoms with Crippen molar-refractivity contribution in [3.05, 3.63) is 59.7 Å². The summed E-state index contributed by atoms with van der Waals surface area (Å²) in [6, 6.07) is 15.2. The molecule has 2 aliphatic rings. The van der Waals surface area contributed by atoms with Crippen LogP contribution < -0.4 is 5.32 Å². The molecule has 2 N–H and O–H groups in total. The van der Waals surface area contributed by atoms with Crippen molar-refractivity contribution in [2.45, 2.75) is 43.7 Å². The molecule has 1 fully saturated rings. The van der Waals surface area contributed by atoms with E-state index >= 15 is 0 Å². The molecule has 0 radical (unpaired) electrons. The van der Waals surface area contributed by atoms with Gasteiger partial charge >= 0.3 is 12.1 Å². The number of carboxylic acids is 1. The fourth-order valence-corrected chi connectivity index (χ4v) is 5.12. The predicted molar refractivity (Wildman–Crippen MR) is 132 cm³/mol. The van der Waals surface area contributed by atoms with Gasteiger partial charge < -0.3 is 25.0 Å². The van der Waals surface area contributed by atoms with Gasteiger partial charge in [0.05, 0.1) is 0 Å². The zero-order chi connectivity index (χ0) is 24.9. The SMILES string of the molecule is CN1CCC(N(C)C(=O)C(CCC(=O)O)NC(=O)OCC2c3ccccc3-c3ccccc32)CC1. The minimum atomic E-state index is -1.01. The normalized spacial score (nSPS) is 16.7. The Morgan fingerprint density at radius 1 is 1.06 bits per heavy atom. The molecule has 2 aromatic rings. The molecule has 2 aromatic carbocycles. The molecular formula is C27H33N3O5. The third-order valence-corrected chi connectivity index (χ3v) is 7.16. The molecule has 2 amide bonds. The molecule has 4 rings (SSSR count). The lowest BCUT2D eigenvalue weighted by molar-refractivity contribution is -0.138. The number of carbonyl (C=O) groups is 3. The molecule has 186 valence electrons. The Hall–Kier alpha value is -3.39. The molecule has 1 aliphatic heterocycles. The van der Waals surface area contributed by atoms with E-state index in [1.165, 1.54) is 0 Å². The van der Waals surface area contributed by atoms with Crippen molar-refractivity contribution in [2.24, 2.45) is 0 Å². The van der Waals surface area contributed by atoms with Crippen molar-refractivity contribution in [2.75, 3.05) is 33.8 Å². The fourth-order valence-electron chi connectivity index (χ4n) is 5.12. The number of carbonyl (C=O) groups excluding carboxylic acids is 2. The Kier molecular flexibility index (Phi) is 7.70. The molecular weight excluding hydrogens is 446 g/mol. The van der Waals surface area contributed by atoms with Gasteiger partial charge in [-0.3, -0.25) is 9.59 Å². The third kappa shape index (κ3) is 5.65. The summed E-state index contributed by atoms with van der Waals surface area (Å²) in [4.78, 5) is 41.0. The smallest absolute Gasteiger partial charge is 0.407 e. The number of rotatable bonds is 8. The average Bonchev–Trinajstić information content (AvgIpc) is 3.18. The first kappa shape index (κ1) is 24.7. The Bertz CT molecular complexity index is 1030. The summed E-state index contributed by atoms with van der Waals surface area (Å²) in [5.74, 6) is -1.39. The monoisotopic (exact) mass is 479 g/mol. The molecule has 0 aromatic heterocycles. The van der Waals surface area contributed by atoms with Crippen LogP contribution in [0.2, 0.25) is 0 Å². The zero-order valence-corrected chi connectivity index (χ0v) is 20.3. The molecule has 1 heterocycles. The van der Waals surface area contributed by atoms with Gasteiger partial charge in [0.2, 0.25) is 5.91 Å². The van der Waals surface area contributed by atoms with Crippen LogP contribution in [0.3, 0.4) is 0 Å². The number of fused-ring (bicyclic) bond motifs is 3. The van der Waals surface area contributed by atoms with Gasteiger partial charge in [0.1, 0.15) is 12.6 Å². The van der Waals surface area contributed by atoms with Crippen molar-refractivity contribution < 1.29 is 24.2 Å². The van der Waals surface area contributed by atoms with Crippen molar-refractivity contribution in [1.29, 1.82) is 0 Å². The number of likely N-dealkylation sites (N-methyl/N-ethyl adjacent to an activating group) is 1. The van der Waals surface area contributed by atoms with Gasteiger partial charge in [-0.1, -0.05) is 48.5 Å². The van der Waals surface area contributed by atoms with E-state index in [0.717, 1.165) is 48.2 Å². The van der Waals surface area contributed by atoms with E-state index in [4.69, 9.17) is 9.84 Å². The Morgan fingerprint density at radius 3 is 2.20 bits per heavy atom. The highest BCUT2D eigenvalue weighted by Crippen LogP contribution is 2.44. The van der Waals surface area contributed by atoms with E-state index in [0.29, 0.717) is 0 Å².